The number of rotatable bonds is 6. The Hall–Kier alpha value is -1.85. The molecule has 0 aliphatic heterocycles. The van der Waals surface area contributed by atoms with Crippen molar-refractivity contribution in [3.05, 3.63) is 11.8 Å². The van der Waals surface area contributed by atoms with Gasteiger partial charge in [-0.1, -0.05) is 12.8 Å². The van der Waals surface area contributed by atoms with Gasteiger partial charge >= 0.3 is 5.97 Å². The van der Waals surface area contributed by atoms with Gasteiger partial charge in [-0.05, 0) is 32.6 Å². The highest BCUT2D eigenvalue weighted by atomic mass is 16.5. The number of nitrogens with one attached hydrogen (secondary N) is 1. The average molecular weight is 293 g/mol. The molecular formula is C15H23N3O3. The second-order valence-electron chi connectivity index (χ2n) is 5.47. The van der Waals surface area contributed by atoms with Crippen molar-refractivity contribution in [3.63, 3.8) is 0 Å². The molecule has 0 spiro atoms. The van der Waals surface area contributed by atoms with Crippen molar-refractivity contribution < 1.29 is 14.6 Å². The molecule has 1 aromatic heterocycles. The Bertz CT molecular complexity index is 493. The van der Waals surface area contributed by atoms with Crippen molar-refractivity contribution in [2.75, 3.05) is 18.5 Å². The van der Waals surface area contributed by atoms with Gasteiger partial charge in [0.1, 0.15) is 0 Å². The van der Waals surface area contributed by atoms with Crippen LogP contribution in [0.15, 0.2) is 6.07 Å². The predicted octanol–water partition coefficient (Wildman–Crippen LogP) is 2.49. The monoisotopic (exact) mass is 293 g/mol. The average Bonchev–Trinajstić information content (AvgIpc) is 2.45. The summed E-state index contributed by atoms with van der Waals surface area (Å²) < 4.78 is 5.39. The summed E-state index contributed by atoms with van der Waals surface area (Å²) in [4.78, 5) is 19.9. The van der Waals surface area contributed by atoms with E-state index in [9.17, 15) is 9.90 Å². The van der Waals surface area contributed by atoms with Crippen LogP contribution in [0.3, 0.4) is 0 Å². The van der Waals surface area contributed by atoms with E-state index in [0.29, 0.717) is 25.0 Å². The minimum Gasteiger partial charge on any atom is -0.481 e. The van der Waals surface area contributed by atoms with Crippen LogP contribution < -0.4 is 10.1 Å². The number of aliphatic carboxylic acids is 1. The number of aryl methyl sites for hydroxylation is 1. The maximum Gasteiger partial charge on any atom is 0.306 e. The van der Waals surface area contributed by atoms with E-state index in [-0.39, 0.29) is 11.8 Å². The lowest BCUT2D eigenvalue weighted by Crippen LogP contribution is -2.32. The summed E-state index contributed by atoms with van der Waals surface area (Å²) in [5.74, 6) is 0.235. The number of ether oxygens (including phenoxy) is 1. The summed E-state index contributed by atoms with van der Waals surface area (Å²) in [7, 11) is 0. The van der Waals surface area contributed by atoms with Crippen LogP contribution in [0.4, 0.5) is 5.95 Å². The molecule has 0 radical (unpaired) electrons. The van der Waals surface area contributed by atoms with Crippen molar-refractivity contribution >= 4 is 11.9 Å². The van der Waals surface area contributed by atoms with Gasteiger partial charge in [-0.25, -0.2) is 4.98 Å². The lowest BCUT2D eigenvalue weighted by atomic mass is 9.79. The molecule has 6 heteroatoms. The Balaban J connectivity index is 1.99. The Morgan fingerprint density at radius 1 is 1.43 bits per heavy atom. The number of carboxylic acids is 1. The number of aromatic nitrogens is 2. The summed E-state index contributed by atoms with van der Waals surface area (Å²) in [5.41, 5.74) is 0.828. The number of carbonyl (C=O) groups is 1. The van der Waals surface area contributed by atoms with Gasteiger partial charge in [-0.2, -0.15) is 4.98 Å². The van der Waals surface area contributed by atoms with Crippen LogP contribution >= 0.6 is 0 Å². The van der Waals surface area contributed by atoms with Crippen molar-refractivity contribution in [1.29, 1.82) is 0 Å². The minimum atomic E-state index is -0.693. The first kappa shape index (κ1) is 15.5. The van der Waals surface area contributed by atoms with E-state index in [1.54, 1.807) is 6.07 Å². The SMILES string of the molecule is CCOc1cc(C)nc(NCC2CCCCC2C(=O)O)n1. The van der Waals surface area contributed by atoms with Gasteiger partial charge in [-0.3, -0.25) is 4.79 Å². The van der Waals surface area contributed by atoms with E-state index in [0.717, 1.165) is 31.4 Å². The molecule has 2 N–H and O–H groups in total. The molecule has 0 saturated heterocycles. The topological polar surface area (TPSA) is 84.3 Å². The van der Waals surface area contributed by atoms with E-state index in [4.69, 9.17) is 4.74 Å². The van der Waals surface area contributed by atoms with Crippen molar-refractivity contribution in [2.24, 2.45) is 11.8 Å². The molecule has 21 heavy (non-hydrogen) atoms. The van der Waals surface area contributed by atoms with Gasteiger partial charge in [0.15, 0.2) is 0 Å². The quantitative estimate of drug-likeness (QED) is 0.838. The Morgan fingerprint density at radius 3 is 2.90 bits per heavy atom. The number of hydrogen-bond acceptors (Lipinski definition) is 5. The van der Waals surface area contributed by atoms with Gasteiger partial charge in [0.25, 0.3) is 0 Å². The van der Waals surface area contributed by atoms with Gasteiger partial charge < -0.3 is 15.2 Å². The Kier molecular flexibility index (Phi) is 5.36. The van der Waals surface area contributed by atoms with E-state index in [2.05, 4.69) is 15.3 Å². The third-order valence-electron chi connectivity index (χ3n) is 3.87. The largest absolute Gasteiger partial charge is 0.481 e. The summed E-state index contributed by atoms with van der Waals surface area (Å²) in [6.45, 7) is 4.94. The molecule has 2 atom stereocenters. The first-order valence-electron chi connectivity index (χ1n) is 7.55. The molecule has 0 aromatic carbocycles. The van der Waals surface area contributed by atoms with Crippen LogP contribution in [0.1, 0.15) is 38.3 Å². The summed E-state index contributed by atoms with van der Waals surface area (Å²) >= 11 is 0. The van der Waals surface area contributed by atoms with Gasteiger partial charge in [0.05, 0.1) is 12.5 Å². The zero-order valence-corrected chi connectivity index (χ0v) is 12.6. The lowest BCUT2D eigenvalue weighted by molar-refractivity contribution is -0.144. The third kappa shape index (κ3) is 4.31. The second-order valence-corrected chi connectivity index (χ2v) is 5.47. The predicted molar refractivity (Wildman–Crippen MR) is 79.5 cm³/mol. The number of carboxylic acid groups (broad SMARTS) is 1. The van der Waals surface area contributed by atoms with E-state index in [1.165, 1.54) is 0 Å². The summed E-state index contributed by atoms with van der Waals surface area (Å²) in [5, 5.41) is 12.5. The standard InChI is InChI=1S/C15H23N3O3/c1-3-21-13-8-10(2)17-15(18-13)16-9-11-6-4-5-7-12(11)14(19)20/h8,11-12H,3-7,9H2,1-2H3,(H,19,20)(H,16,17,18). The van der Waals surface area contributed by atoms with Crippen LogP contribution in [0.5, 0.6) is 5.88 Å². The fourth-order valence-corrected chi connectivity index (χ4v) is 2.84. The highest BCUT2D eigenvalue weighted by molar-refractivity contribution is 5.70. The van der Waals surface area contributed by atoms with Crippen LogP contribution in [-0.4, -0.2) is 34.2 Å². The molecule has 1 aliphatic carbocycles. The Labute approximate surface area is 124 Å². The van der Waals surface area contributed by atoms with Crippen LogP contribution in [0, 0.1) is 18.8 Å². The number of hydrogen-bond donors (Lipinski definition) is 2. The maximum absolute atomic E-state index is 11.3. The van der Waals surface area contributed by atoms with Crippen molar-refractivity contribution in [1.82, 2.24) is 9.97 Å². The molecule has 1 aliphatic rings. The van der Waals surface area contributed by atoms with Crippen molar-refractivity contribution in [3.8, 4) is 5.88 Å². The second kappa shape index (κ2) is 7.24. The molecule has 116 valence electrons. The maximum atomic E-state index is 11.3. The Morgan fingerprint density at radius 2 is 2.19 bits per heavy atom. The zero-order valence-electron chi connectivity index (χ0n) is 12.6. The molecule has 6 nitrogen and oxygen atoms in total. The van der Waals surface area contributed by atoms with Crippen molar-refractivity contribution in [2.45, 2.75) is 39.5 Å². The van der Waals surface area contributed by atoms with Crippen LogP contribution in [0.25, 0.3) is 0 Å². The van der Waals surface area contributed by atoms with Gasteiger partial charge in [0.2, 0.25) is 11.8 Å². The highest BCUT2D eigenvalue weighted by Gasteiger charge is 2.30. The number of nitrogens with zero attached hydrogens (tertiary/aromatic N) is 2. The molecule has 1 saturated carbocycles. The van der Waals surface area contributed by atoms with Crippen LogP contribution in [-0.2, 0) is 4.79 Å². The molecule has 2 unspecified atom stereocenters. The molecular weight excluding hydrogens is 270 g/mol. The summed E-state index contributed by atoms with van der Waals surface area (Å²) in [6.07, 6.45) is 3.80. The van der Waals surface area contributed by atoms with Gasteiger partial charge in [-0.15, -0.1) is 0 Å². The normalized spacial score (nSPS) is 21.8. The molecule has 1 heterocycles. The first-order chi connectivity index (χ1) is 10.1. The molecule has 1 aromatic rings. The molecule has 2 rings (SSSR count). The van der Waals surface area contributed by atoms with Gasteiger partial charge in [0, 0.05) is 18.3 Å². The molecule has 0 bridgehead atoms. The fourth-order valence-electron chi connectivity index (χ4n) is 2.84. The van der Waals surface area contributed by atoms with E-state index in [1.807, 2.05) is 13.8 Å². The van der Waals surface area contributed by atoms with E-state index < -0.39 is 5.97 Å². The number of anilines is 1. The fraction of sp³-hybridized carbons (Fsp3) is 0.667. The highest BCUT2D eigenvalue weighted by Crippen LogP contribution is 2.30. The minimum absolute atomic E-state index is 0.135. The molecule has 0 amide bonds. The smallest absolute Gasteiger partial charge is 0.306 e. The third-order valence-corrected chi connectivity index (χ3v) is 3.87. The zero-order chi connectivity index (χ0) is 15.2. The van der Waals surface area contributed by atoms with Crippen LogP contribution in [0.2, 0.25) is 0 Å². The lowest BCUT2D eigenvalue weighted by Gasteiger charge is -2.28. The van der Waals surface area contributed by atoms with E-state index >= 15 is 0 Å². The first-order valence-corrected chi connectivity index (χ1v) is 7.55. The summed E-state index contributed by atoms with van der Waals surface area (Å²) in [6, 6.07) is 1.79. The molecule has 1 fully saturated rings.